The number of rotatable bonds is 9. The van der Waals surface area contributed by atoms with Crippen LogP contribution in [0.4, 0.5) is 5.13 Å². The summed E-state index contributed by atoms with van der Waals surface area (Å²) in [5.41, 5.74) is 1.09. The zero-order valence-corrected chi connectivity index (χ0v) is 14.6. The quantitative estimate of drug-likeness (QED) is 0.537. The van der Waals surface area contributed by atoms with Crippen molar-refractivity contribution in [3.63, 3.8) is 0 Å². The normalized spacial score (nSPS) is 11.7. The highest BCUT2D eigenvalue weighted by atomic mass is 32.2. The molecule has 0 bridgehead atoms. The van der Waals surface area contributed by atoms with Crippen LogP contribution in [-0.2, 0) is 11.3 Å². The Labute approximate surface area is 144 Å². The van der Waals surface area contributed by atoms with Gasteiger partial charge in [0.05, 0.1) is 5.25 Å². The number of benzene rings is 1. The van der Waals surface area contributed by atoms with Gasteiger partial charge in [-0.2, -0.15) is 0 Å². The molecular weight excluding hydrogens is 328 g/mol. The molecule has 1 atom stereocenters. The predicted molar refractivity (Wildman–Crippen MR) is 96.8 cm³/mol. The van der Waals surface area contributed by atoms with Crippen molar-refractivity contribution < 1.29 is 4.79 Å². The third-order valence-corrected chi connectivity index (χ3v) is 5.35. The average Bonchev–Trinajstić information content (AvgIpc) is 3.04. The van der Waals surface area contributed by atoms with Gasteiger partial charge in [-0.05, 0) is 12.0 Å². The van der Waals surface area contributed by atoms with Gasteiger partial charge in [-0.1, -0.05) is 66.4 Å². The summed E-state index contributed by atoms with van der Waals surface area (Å²) in [6, 6.07) is 9.88. The molecule has 2 rings (SSSR count). The van der Waals surface area contributed by atoms with Gasteiger partial charge >= 0.3 is 0 Å². The van der Waals surface area contributed by atoms with Crippen molar-refractivity contribution in [2.24, 2.45) is 0 Å². The second-order valence-corrected chi connectivity index (χ2v) is 7.19. The van der Waals surface area contributed by atoms with Crippen LogP contribution >= 0.6 is 23.1 Å². The molecule has 0 aliphatic rings. The summed E-state index contributed by atoms with van der Waals surface area (Å²) >= 11 is 2.90. The first-order chi connectivity index (χ1) is 11.2. The third-order valence-electron chi connectivity index (χ3n) is 3.02. The number of nitrogens with one attached hydrogen (secondary N) is 2. The molecule has 1 aromatic carbocycles. The molecule has 1 heterocycles. The minimum Gasteiger partial charge on any atom is -0.357 e. The second kappa shape index (κ2) is 9.32. The number of anilines is 1. The summed E-state index contributed by atoms with van der Waals surface area (Å²) in [6.45, 7) is 6.83. The van der Waals surface area contributed by atoms with E-state index < -0.39 is 0 Å². The van der Waals surface area contributed by atoms with E-state index in [9.17, 15) is 4.79 Å². The first kappa shape index (κ1) is 17.5. The highest BCUT2D eigenvalue weighted by molar-refractivity contribution is 8.02. The van der Waals surface area contributed by atoms with E-state index in [4.69, 9.17) is 0 Å². The number of carbonyl (C=O) groups is 1. The molecule has 122 valence electrons. The van der Waals surface area contributed by atoms with E-state index in [0.29, 0.717) is 13.1 Å². The maximum atomic E-state index is 12.3. The van der Waals surface area contributed by atoms with E-state index >= 15 is 0 Å². The van der Waals surface area contributed by atoms with Crippen molar-refractivity contribution >= 4 is 34.1 Å². The molecule has 2 N–H and O–H groups in total. The zero-order chi connectivity index (χ0) is 16.5. The Bertz CT molecular complexity index is 630. The van der Waals surface area contributed by atoms with Gasteiger partial charge in [-0.15, -0.1) is 16.8 Å². The van der Waals surface area contributed by atoms with E-state index in [1.807, 2.05) is 37.3 Å². The molecule has 7 heteroatoms. The minimum absolute atomic E-state index is 0.0251. The Morgan fingerprint density at radius 2 is 2.17 bits per heavy atom. The highest BCUT2D eigenvalue weighted by Crippen LogP contribution is 2.30. The lowest BCUT2D eigenvalue weighted by Gasteiger charge is -2.13. The van der Waals surface area contributed by atoms with E-state index in [1.54, 1.807) is 6.08 Å². The van der Waals surface area contributed by atoms with Gasteiger partial charge in [0.2, 0.25) is 11.0 Å². The fraction of sp³-hybridized carbons (Fsp3) is 0.312. The second-order valence-electron chi connectivity index (χ2n) is 4.76. The summed E-state index contributed by atoms with van der Waals surface area (Å²) in [7, 11) is 0. The molecule has 2 aromatic rings. The van der Waals surface area contributed by atoms with Crippen LogP contribution in [-0.4, -0.2) is 27.9 Å². The van der Waals surface area contributed by atoms with Crippen LogP contribution in [0.2, 0.25) is 0 Å². The van der Waals surface area contributed by atoms with Crippen LogP contribution in [0.25, 0.3) is 0 Å². The van der Waals surface area contributed by atoms with Crippen LogP contribution < -0.4 is 10.6 Å². The lowest BCUT2D eigenvalue weighted by molar-refractivity contribution is -0.120. The number of amides is 1. The Hall–Kier alpha value is -1.86. The van der Waals surface area contributed by atoms with E-state index in [-0.39, 0.29) is 11.2 Å². The predicted octanol–water partition coefficient (Wildman–Crippen LogP) is 3.32. The molecule has 0 aliphatic heterocycles. The Kier molecular flexibility index (Phi) is 7.09. The van der Waals surface area contributed by atoms with Crippen LogP contribution in [0.5, 0.6) is 0 Å². The summed E-state index contributed by atoms with van der Waals surface area (Å²) in [5.74, 6) is 0.0251. The van der Waals surface area contributed by atoms with Crippen LogP contribution in [0.1, 0.15) is 18.9 Å². The molecule has 1 amide bonds. The fourth-order valence-corrected chi connectivity index (χ4v) is 3.78. The standard InChI is InChI=1S/C16H20N4OS2/c1-3-10-17-15-19-20-16(23-15)22-13(4-2)14(21)18-11-12-8-6-5-7-9-12/h3,5-9,13H,1,4,10-11H2,2H3,(H,17,19)(H,18,21)/t13-/m0/s1. The molecule has 0 saturated heterocycles. The third kappa shape index (κ3) is 5.69. The molecular formula is C16H20N4OS2. The SMILES string of the molecule is C=CCNc1nnc(S[C@@H](CC)C(=O)NCc2ccccc2)s1. The Morgan fingerprint density at radius 1 is 1.39 bits per heavy atom. The minimum atomic E-state index is -0.168. The highest BCUT2D eigenvalue weighted by Gasteiger charge is 2.19. The van der Waals surface area contributed by atoms with Crippen LogP contribution in [0, 0.1) is 0 Å². The molecule has 0 unspecified atom stereocenters. The van der Waals surface area contributed by atoms with E-state index in [1.165, 1.54) is 23.1 Å². The lowest BCUT2D eigenvalue weighted by atomic mass is 10.2. The van der Waals surface area contributed by atoms with Crippen molar-refractivity contribution in [2.45, 2.75) is 29.5 Å². The molecule has 0 spiro atoms. The number of hydrogen-bond acceptors (Lipinski definition) is 6. The number of aromatic nitrogens is 2. The summed E-state index contributed by atoms with van der Waals surface area (Å²) in [5, 5.41) is 14.8. The first-order valence-corrected chi connectivity index (χ1v) is 9.09. The molecule has 0 saturated carbocycles. The lowest BCUT2D eigenvalue weighted by Crippen LogP contribution is -2.31. The molecule has 0 aliphatic carbocycles. The van der Waals surface area contributed by atoms with E-state index in [0.717, 1.165) is 21.5 Å². The first-order valence-electron chi connectivity index (χ1n) is 7.39. The topological polar surface area (TPSA) is 66.9 Å². The number of carbonyl (C=O) groups excluding carboxylic acids is 1. The van der Waals surface area contributed by atoms with Crippen molar-refractivity contribution in [2.75, 3.05) is 11.9 Å². The number of hydrogen-bond donors (Lipinski definition) is 2. The maximum absolute atomic E-state index is 12.3. The molecule has 23 heavy (non-hydrogen) atoms. The zero-order valence-electron chi connectivity index (χ0n) is 13.0. The number of thioether (sulfide) groups is 1. The van der Waals surface area contributed by atoms with Crippen molar-refractivity contribution in [3.8, 4) is 0 Å². The summed E-state index contributed by atoms with van der Waals surface area (Å²) in [4.78, 5) is 12.3. The summed E-state index contributed by atoms with van der Waals surface area (Å²) in [6.07, 6.45) is 2.50. The monoisotopic (exact) mass is 348 g/mol. The van der Waals surface area contributed by atoms with Crippen LogP contribution in [0.15, 0.2) is 47.3 Å². The Morgan fingerprint density at radius 3 is 2.87 bits per heavy atom. The molecule has 0 radical (unpaired) electrons. The molecule has 5 nitrogen and oxygen atoms in total. The van der Waals surface area contributed by atoms with E-state index in [2.05, 4.69) is 27.4 Å². The van der Waals surface area contributed by atoms with Gasteiger partial charge in [0.25, 0.3) is 0 Å². The summed E-state index contributed by atoms with van der Waals surface area (Å²) < 4.78 is 0.790. The van der Waals surface area contributed by atoms with Gasteiger partial charge < -0.3 is 10.6 Å². The maximum Gasteiger partial charge on any atom is 0.233 e. The number of nitrogens with zero attached hydrogens (tertiary/aromatic N) is 2. The smallest absolute Gasteiger partial charge is 0.233 e. The van der Waals surface area contributed by atoms with Crippen molar-refractivity contribution in [1.82, 2.24) is 15.5 Å². The fourth-order valence-electron chi connectivity index (χ4n) is 1.83. The van der Waals surface area contributed by atoms with Crippen LogP contribution in [0.3, 0.4) is 0 Å². The van der Waals surface area contributed by atoms with Gasteiger partial charge in [0, 0.05) is 13.1 Å². The molecule has 0 fully saturated rings. The van der Waals surface area contributed by atoms with Gasteiger partial charge in [0.1, 0.15) is 0 Å². The average molecular weight is 348 g/mol. The molecule has 1 aromatic heterocycles. The van der Waals surface area contributed by atoms with Crippen molar-refractivity contribution in [1.29, 1.82) is 0 Å². The largest absolute Gasteiger partial charge is 0.357 e. The Balaban J connectivity index is 1.87. The van der Waals surface area contributed by atoms with Gasteiger partial charge in [-0.3, -0.25) is 4.79 Å². The van der Waals surface area contributed by atoms with Gasteiger partial charge in [0.15, 0.2) is 4.34 Å². The van der Waals surface area contributed by atoms with Crippen molar-refractivity contribution in [3.05, 3.63) is 48.6 Å². The van der Waals surface area contributed by atoms with Gasteiger partial charge in [-0.25, -0.2) is 0 Å².